The second-order valence-corrected chi connectivity index (χ2v) is 2.67. The predicted molar refractivity (Wildman–Crippen MR) is 44.8 cm³/mol. The molecule has 1 aromatic heterocycles. The van der Waals surface area contributed by atoms with Gasteiger partial charge < -0.3 is 10.5 Å². The lowest BCUT2D eigenvalue weighted by Gasteiger charge is -2.11. The minimum absolute atomic E-state index is 0.0434. The summed E-state index contributed by atoms with van der Waals surface area (Å²) < 4.78 is 39.3. The van der Waals surface area contributed by atoms with Gasteiger partial charge >= 0.3 is 6.36 Å². The molecule has 0 radical (unpaired) electrons. The van der Waals surface area contributed by atoms with Gasteiger partial charge in [0.15, 0.2) is 11.4 Å². The maximum absolute atomic E-state index is 11.9. The van der Waals surface area contributed by atoms with Crippen LogP contribution in [0.15, 0.2) is 6.07 Å². The molecule has 0 aliphatic carbocycles. The van der Waals surface area contributed by atoms with Gasteiger partial charge in [0.25, 0.3) is 0 Å². The fourth-order valence-electron chi connectivity index (χ4n) is 0.919. The number of aromatic nitrogens is 1. The summed E-state index contributed by atoms with van der Waals surface area (Å²) in [6.45, 7) is 1.29. The Hall–Kier alpha value is -1.97. The monoisotopic (exact) mass is 217 g/mol. The first-order valence-electron chi connectivity index (χ1n) is 3.76. The summed E-state index contributed by atoms with van der Waals surface area (Å²) in [5, 5.41) is 8.51. The molecule has 1 aromatic rings. The van der Waals surface area contributed by atoms with Crippen molar-refractivity contribution in [3.63, 3.8) is 0 Å². The number of aryl methyl sites for hydroxylation is 1. The van der Waals surface area contributed by atoms with Crippen LogP contribution in [0, 0.1) is 18.3 Å². The van der Waals surface area contributed by atoms with E-state index >= 15 is 0 Å². The van der Waals surface area contributed by atoms with E-state index in [0.29, 0.717) is 0 Å². The Balaban J connectivity index is 3.13. The molecule has 15 heavy (non-hydrogen) atoms. The molecule has 0 bridgehead atoms. The molecule has 0 atom stereocenters. The highest BCUT2D eigenvalue weighted by Gasteiger charge is 2.32. The number of hydrogen-bond donors (Lipinski definition) is 1. The van der Waals surface area contributed by atoms with Crippen molar-refractivity contribution in [2.24, 2.45) is 0 Å². The first kappa shape index (κ1) is 11.1. The highest BCUT2D eigenvalue weighted by molar-refractivity contribution is 5.54. The summed E-state index contributed by atoms with van der Waals surface area (Å²) in [5.41, 5.74) is 4.97. The van der Waals surface area contributed by atoms with Crippen molar-refractivity contribution in [1.29, 1.82) is 5.26 Å². The van der Waals surface area contributed by atoms with Crippen molar-refractivity contribution in [3.8, 4) is 11.8 Å². The smallest absolute Gasteiger partial charge is 0.404 e. The maximum atomic E-state index is 11.9. The molecule has 0 saturated heterocycles. The summed E-state index contributed by atoms with van der Waals surface area (Å²) in [7, 11) is 0. The first-order valence-corrected chi connectivity index (χ1v) is 3.76. The molecule has 2 N–H and O–H groups in total. The molecule has 1 rings (SSSR count). The van der Waals surface area contributed by atoms with Crippen LogP contribution in [0.3, 0.4) is 0 Å². The van der Waals surface area contributed by atoms with E-state index in [9.17, 15) is 13.2 Å². The standard InChI is InChI=1S/C8H6F3N3O/c1-4-7(15-8(9,10)11)2-5(13)6(3-12)14-4/h2H,13H2,1H3. The van der Waals surface area contributed by atoms with E-state index < -0.39 is 12.1 Å². The summed E-state index contributed by atoms with van der Waals surface area (Å²) in [5.74, 6) is -0.501. The number of anilines is 1. The van der Waals surface area contributed by atoms with Gasteiger partial charge in [-0.2, -0.15) is 5.26 Å². The number of nitrogen functional groups attached to an aromatic ring is 1. The Morgan fingerprint density at radius 2 is 2.13 bits per heavy atom. The van der Waals surface area contributed by atoms with Gasteiger partial charge in [0.05, 0.1) is 11.4 Å². The number of nitrogens with zero attached hydrogens (tertiary/aromatic N) is 2. The van der Waals surface area contributed by atoms with Crippen molar-refractivity contribution in [2.75, 3.05) is 5.73 Å². The molecule has 0 aliphatic rings. The number of hydrogen-bond acceptors (Lipinski definition) is 4. The Bertz CT molecular complexity index is 422. The molecule has 0 unspecified atom stereocenters. The van der Waals surface area contributed by atoms with Gasteiger partial charge in [-0.1, -0.05) is 0 Å². The minimum atomic E-state index is -4.80. The molecule has 0 aliphatic heterocycles. The predicted octanol–water partition coefficient (Wildman–Crippen LogP) is 1.74. The van der Waals surface area contributed by atoms with Crippen molar-refractivity contribution >= 4 is 5.69 Å². The Morgan fingerprint density at radius 1 is 1.53 bits per heavy atom. The molecule has 4 nitrogen and oxygen atoms in total. The van der Waals surface area contributed by atoms with Crippen LogP contribution in [0.25, 0.3) is 0 Å². The third-order valence-electron chi connectivity index (χ3n) is 1.53. The Labute approximate surface area is 83.1 Å². The summed E-state index contributed by atoms with van der Waals surface area (Å²) >= 11 is 0. The zero-order chi connectivity index (χ0) is 11.6. The average Bonchev–Trinajstić information content (AvgIpc) is 2.08. The van der Waals surface area contributed by atoms with Crippen LogP contribution in [-0.4, -0.2) is 11.3 Å². The van der Waals surface area contributed by atoms with E-state index in [1.54, 1.807) is 6.07 Å². The Morgan fingerprint density at radius 3 is 2.60 bits per heavy atom. The molecular weight excluding hydrogens is 211 g/mol. The molecule has 7 heteroatoms. The van der Waals surface area contributed by atoms with Crippen LogP contribution < -0.4 is 10.5 Å². The van der Waals surface area contributed by atoms with Crippen molar-refractivity contribution in [2.45, 2.75) is 13.3 Å². The zero-order valence-corrected chi connectivity index (χ0v) is 7.59. The number of nitriles is 1. The highest BCUT2D eigenvalue weighted by Crippen LogP contribution is 2.27. The number of alkyl halides is 3. The van der Waals surface area contributed by atoms with Crippen LogP contribution in [0.2, 0.25) is 0 Å². The summed E-state index contributed by atoms with van der Waals surface area (Å²) in [6.07, 6.45) is -4.80. The van der Waals surface area contributed by atoms with E-state index in [1.807, 2.05) is 0 Å². The molecular formula is C8H6F3N3O. The lowest BCUT2D eigenvalue weighted by Crippen LogP contribution is -2.18. The number of ether oxygens (including phenoxy) is 1. The van der Waals surface area contributed by atoms with Gasteiger partial charge in [0.2, 0.25) is 0 Å². The van der Waals surface area contributed by atoms with Gasteiger partial charge in [-0.25, -0.2) is 4.98 Å². The number of rotatable bonds is 1. The lowest BCUT2D eigenvalue weighted by atomic mass is 10.2. The van der Waals surface area contributed by atoms with E-state index in [0.717, 1.165) is 6.07 Å². The maximum Gasteiger partial charge on any atom is 0.573 e. The summed E-state index contributed by atoms with van der Waals surface area (Å²) in [4.78, 5) is 3.56. The van der Waals surface area contributed by atoms with Gasteiger partial charge in [-0.05, 0) is 6.92 Å². The van der Waals surface area contributed by atoms with Gasteiger partial charge in [0, 0.05) is 6.07 Å². The second-order valence-electron chi connectivity index (χ2n) is 2.67. The quantitative estimate of drug-likeness (QED) is 0.777. The van der Waals surface area contributed by atoms with Crippen LogP contribution in [-0.2, 0) is 0 Å². The highest BCUT2D eigenvalue weighted by atomic mass is 19.4. The van der Waals surface area contributed by atoms with Crippen LogP contribution >= 0.6 is 0 Å². The fraction of sp³-hybridized carbons (Fsp3) is 0.250. The Kier molecular flexibility index (Phi) is 2.70. The molecule has 0 saturated carbocycles. The molecule has 0 aromatic carbocycles. The fourth-order valence-corrected chi connectivity index (χ4v) is 0.919. The van der Waals surface area contributed by atoms with E-state index in [2.05, 4.69) is 9.72 Å². The van der Waals surface area contributed by atoms with Gasteiger partial charge in [0.1, 0.15) is 6.07 Å². The zero-order valence-electron chi connectivity index (χ0n) is 7.59. The number of halogens is 3. The van der Waals surface area contributed by atoms with Gasteiger partial charge in [-0.3, -0.25) is 0 Å². The molecule has 0 amide bonds. The number of nitrogens with two attached hydrogens (primary N) is 1. The van der Waals surface area contributed by atoms with E-state index in [1.165, 1.54) is 6.92 Å². The lowest BCUT2D eigenvalue weighted by molar-refractivity contribution is -0.274. The van der Waals surface area contributed by atoms with E-state index in [-0.39, 0.29) is 17.1 Å². The third-order valence-corrected chi connectivity index (χ3v) is 1.53. The summed E-state index contributed by atoms with van der Waals surface area (Å²) in [6, 6.07) is 2.58. The molecule has 1 heterocycles. The SMILES string of the molecule is Cc1nc(C#N)c(N)cc1OC(F)(F)F. The van der Waals surface area contributed by atoms with Crippen molar-refractivity contribution in [1.82, 2.24) is 4.98 Å². The van der Waals surface area contributed by atoms with Crippen LogP contribution in [0.5, 0.6) is 5.75 Å². The molecule has 0 fully saturated rings. The van der Waals surface area contributed by atoms with Crippen molar-refractivity contribution < 1.29 is 17.9 Å². The van der Waals surface area contributed by atoms with Crippen LogP contribution in [0.4, 0.5) is 18.9 Å². The molecule has 80 valence electrons. The third kappa shape index (κ3) is 2.74. The first-order chi connectivity index (χ1) is 6.83. The normalized spacial score (nSPS) is 10.9. The van der Waals surface area contributed by atoms with Crippen molar-refractivity contribution in [3.05, 3.63) is 17.5 Å². The molecule has 0 spiro atoms. The topological polar surface area (TPSA) is 71.9 Å². The number of pyridine rings is 1. The minimum Gasteiger partial charge on any atom is -0.404 e. The largest absolute Gasteiger partial charge is 0.573 e. The second kappa shape index (κ2) is 3.65. The van der Waals surface area contributed by atoms with Crippen LogP contribution in [0.1, 0.15) is 11.4 Å². The van der Waals surface area contributed by atoms with E-state index in [4.69, 9.17) is 11.0 Å². The van der Waals surface area contributed by atoms with Gasteiger partial charge in [-0.15, -0.1) is 13.2 Å². The average molecular weight is 217 g/mol.